The second-order valence-electron chi connectivity index (χ2n) is 8.59. The van der Waals surface area contributed by atoms with Crippen molar-refractivity contribution in [1.29, 1.82) is 0 Å². The molecular weight excluding hydrogens is 528 g/mol. The van der Waals surface area contributed by atoms with Crippen molar-refractivity contribution in [3.63, 3.8) is 0 Å². The Morgan fingerprint density at radius 3 is 2.37 bits per heavy atom. The van der Waals surface area contributed by atoms with E-state index >= 15 is 0 Å². The molecule has 0 radical (unpaired) electrons. The highest BCUT2D eigenvalue weighted by Crippen LogP contribution is 2.31. The largest absolute Gasteiger partial charge is 0.487 e. The molecule has 14 heteroatoms. The fraction of sp³-hybridized carbons (Fsp3) is 0.417. The molecule has 0 amide bonds. The number of tetrazole rings is 1. The van der Waals surface area contributed by atoms with Gasteiger partial charge in [-0.15, -0.1) is 16.4 Å². The van der Waals surface area contributed by atoms with Gasteiger partial charge in [0.05, 0.1) is 22.1 Å². The van der Waals surface area contributed by atoms with Crippen molar-refractivity contribution in [3.05, 3.63) is 64.6 Å². The lowest BCUT2D eigenvalue weighted by Gasteiger charge is -2.31. The van der Waals surface area contributed by atoms with E-state index in [9.17, 15) is 8.42 Å². The van der Waals surface area contributed by atoms with Crippen LogP contribution in [0.5, 0.6) is 5.75 Å². The predicted molar refractivity (Wildman–Crippen MR) is 143 cm³/mol. The molecule has 1 aromatic carbocycles. The number of hydrogen-bond acceptors (Lipinski definition) is 11. The number of piperidine rings is 1. The van der Waals surface area contributed by atoms with Crippen molar-refractivity contribution in [2.45, 2.75) is 45.6 Å². The number of benzene rings is 1. The minimum atomic E-state index is -3.66. The number of anilines is 1. The van der Waals surface area contributed by atoms with E-state index in [1.165, 1.54) is 17.5 Å². The summed E-state index contributed by atoms with van der Waals surface area (Å²) in [6.07, 6.45) is 8.51. The average molecular weight is 559 g/mol. The topological polar surface area (TPSA) is 149 Å². The van der Waals surface area contributed by atoms with E-state index in [1.807, 2.05) is 36.7 Å². The molecule has 1 aliphatic rings. The van der Waals surface area contributed by atoms with Crippen molar-refractivity contribution in [3.8, 4) is 11.4 Å². The van der Waals surface area contributed by atoms with Crippen LogP contribution in [0, 0.1) is 0 Å². The summed E-state index contributed by atoms with van der Waals surface area (Å²) in [5.74, 6) is 1.90. The molecule has 12 nitrogen and oxygen atoms in total. The van der Waals surface area contributed by atoms with Crippen LogP contribution in [0.1, 0.15) is 48.9 Å². The Labute approximate surface area is 225 Å². The van der Waals surface area contributed by atoms with Crippen molar-refractivity contribution in [1.82, 2.24) is 35.2 Å². The second kappa shape index (κ2) is 12.8. The van der Waals surface area contributed by atoms with Gasteiger partial charge in [0.2, 0.25) is 5.95 Å². The van der Waals surface area contributed by atoms with Gasteiger partial charge in [-0.2, -0.15) is 8.42 Å². The highest BCUT2D eigenvalue weighted by Gasteiger charge is 2.24. The van der Waals surface area contributed by atoms with E-state index in [1.54, 1.807) is 22.3 Å². The van der Waals surface area contributed by atoms with Crippen LogP contribution in [0.25, 0.3) is 5.69 Å². The summed E-state index contributed by atoms with van der Waals surface area (Å²) < 4.78 is 34.4. The minimum Gasteiger partial charge on any atom is -0.487 e. The third kappa shape index (κ3) is 7.76. The van der Waals surface area contributed by atoms with E-state index in [-0.39, 0.29) is 5.75 Å². The number of thiazole rings is 1. The number of nitrogens with zero attached hydrogens (tertiary/aromatic N) is 8. The molecule has 0 spiro atoms. The van der Waals surface area contributed by atoms with Crippen molar-refractivity contribution < 1.29 is 17.7 Å². The molecular formula is C24H30N8O4S2. The molecule has 1 fully saturated rings. The van der Waals surface area contributed by atoms with Gasteiger partial charge in [-0.05, 0) is 66.4 Å². The van der Waals surface area contributed by atoms with Gasteiger partial charge in [-0.3, -0.25) is 4.55 Å². The molecule has 4 aromatic rings. The third-order valence-corrected chi connectivity index (χ3v) is 7.78. The fourth-order valence-corrected chi connectivity index (χ4v) is 4.70. The summed E-state index contributed by atoms with van der Waals surface area (Å²) in [6.45, 7) is 5.85. The normalized spacial score (nSPS) is 14.1. The zero-order chi connectivity index (χ0) is 27.0. The molecule has 38 heavy (non-hydrogen) atoms. The molecule has 1 N–H and O–H groups in total. The molecule has 3 aromatic heterocycles. The number of aryl methyl sites for hydroxylation is 1. The van der Waals surface area contributed by atoms with E-state index in [0.717, 1.165) is 55.4 Å². The van der Waals surface area contributed by atoms with Crippen LogP contribution in [0.3, 0.4) is 0 Å². The van der Waals surface area contributed by atoms with Crippen LogP contribution in [-0.4, -0.2) is 67.0 Å². The second-order valence-corrected chi connectivity index (χ2v) is 11.2. The van der Waals surface area contributed by atoms with Crippen LogP contribution < -0.4 is 9.64 Å². The number of ether oxygens (including phenoxy) is 1. The molecule has 0 aliphatic carbocycles. The van der Waals surface area contributed by atoms with Gasteiger partial charge < -0.3 is 9.64 Å². The van der Waals surface area contributed by atoms with Gasteiger partial charge in [-0.25, -0.2) is 19.6 Å². The number of rotatable bonds is 8. The zero-order valence-electron chi connectivity index (χ0n) is 21.2. The van der Waals surface area contributed by atoms with E-state index in [2.05, 4.69) is 42.7 Å². The van der Waals surface area contributed by atoms with E-state index in [0.29, 0.717) is 12.5 Å². The minimum absolute atomic E-state index is 0.201. The Morgan fingerprint density at radius 1 is 1.11 bits per heavy atom. The third-order valence-electron chi connectivity index (χ3n) is 6.00. The Hall–Kier alpha value is -3.49. The smallest absolute Gasteiger partial charge is 0.264 e. The van der Waals surface area contributed by atoms with E-state index in [4.69, 9.17) is 14.3 Å². The Kier molecular flexibility index (Phi) is 9.31. The van der Waals surface area contributed by atoms with Crippen molar-refractivity contribution in [2.75, 3.05) is 23.7 Å². The molecule has 0 bridgehead atoms. The molecule has 1 saturated heterocycles. The van der Waals surface area contributed by atoms with Gasteiger partial charge in [0, 0.05) is 36.8 Å². The highest BCUT2D eigenvalue weighted by molar-refractivity contribution is 7.85. The SMILES string of the molecule is CCS(=O)(=O)O.CCc1cnc(N2CCC(c3nc(COc4ccc(-n5cnnn5)cc4)cs3)CC2)nc1. The monoisotopic (exact) mass is 558 g/mol. The van der Waals surface area contributed by atoms with Crippen molar-refractivity contribution >= 4 is 27.4 Å². The summed E-state index contributed by atoms with van der Waals surface area (Å²) in [6, 6.07) is 7.67. The zero-order valence-corrected chi connectivity index (χ0v) is 22.8. The lowest BCUT2D eigenvalue weighted by atomic mass is 9.98. The van der Waals surface area contributed by atoms with Gasteiger partial charge in [0.25, 0.3) is 10.1 Å². The molecule has 202 valence electrons. The maximum Gasteiger partial charge on any atom is 0.264 e. The maximum atomic E-state index is 9.56. The van der Waals surface area contributed by atoms with Crippen LogP contribution in [0.2, 0.25) is 0 Å². The Balaban J connectivity index is 0.000000505. The van der Waals surface area contributed by atoms with Crippen molar-refractivity contribution in [2.24, 2.45) is 0 Å². The molecule has 4 heterocycles. The summed E-state index contributed by atoms with van der Waals surface area (Å²) in [5.41, 5.74) is 3.02. The summed E-state index contributed by atoms with van der Waals surface area (Å²) in [4.78, 5) is 16.2. The molecule has 1 aliphatic heterocycles. The predicted octanol–water partition coefficient (Wildman–Crippen LogP) is 3.33. The maximum absolute atomic E-state index is 9.56. The summed E-state index contributed by atoms with van der Waals surface area (Å²) in [7, 11) is -3.66. The van der Waals surface area contributed by atoms with Crippen LogP contribution in [-0.2, 0) is 23.1 Å². The first-order chi connectivity index (χ1) is 18.3. The quantitative estimate of drug-likeness (QED) is 0.317. The van der Waals surface area contributed by atoms with Crippen LogP contribution in [0.4, 0.5) is 5.95 Å². The molecule has 5 rings (SSSR count). The van der Waals surface area contributed by atoms with Gasteiger partial charge >= 0.3 is 0 Å². The first-order valence-electron chi connectivity index (χ1n) is 12.3. The van der Waals surface area contributed by atoms with Crippen LogP contribution in [0.15, 0.2) is 48.4 Å². The standard InChI is InChI=1S/C22H24N8OS.C2H6O3S/c1-2-16-11-23-22(24-12-16)29-9-7-17(8-10-29)21-26-18(14-32-21)13-31-20-5-3-19(4-6-20)30-15-25-27-28-30;1-2-6(3,4)5/h3-6,11-12,14-15,17H,2,7-10,13H2,1H3;2H2,1H3,(H,3,4,5). The average Bonchev–Trinajstić information content (AvgIpc) is 3.65. The lowest BCUT2D eigenvalue weighted by Crippen LogP contribution is -2.34. The van der Waals surface area contributed by atoms with Crippen LogP contribution >= 0.6 is 11.3 Å². The Bertz CT molecular complexity index is 1370. The summed E-state index contributed by atoms with van der Waals surface area (Å²) in [5, 5.41) is 14.5. The summed E-state index contributed by atoms with van der Waals surface area (Å²) >= 11 is 1.73. The van der Waals surface area contributed by atoms with Gasteiger partial charge in [0.15, 0.2) is 0 Å². The first kappa shape index (κ1) is 27.5. The lowest BCUT2D eigenvalue weighted by molar-refractivity contribution is 0.301. The van der Waals surface area contributed by atoms with E-state index < -0.39 is 10.1 Å². The number of hydrogen-bond donors (Lipinski definition) is 1. The molecule has 0 saturated carbocycles. The highest BCUT2D eigenvalue weighted by atomic mass is 32.2. The fourth-order valence-electron chi connectivity index (χ4n) is 3.73. The van der Waals surface area contributed by atoms with Gasteiger partial charge in [0.1, 0.15) is 18.7 Å². The molecule has 0 atom stereocenters. The molecule has 0 unspecified atom stereocenters. The first-order valence-corrected chi connectivity index (χ1v) is 14.7. The van der Waals surface area contributed by atoms with Gasteiger partial charge in [-0.1, -0.05) is 6.92 Å². The Morgan fingerprint density at radius 2 is 1.79 bits per heavy atom. The number of aromatic nitrogens is 7.